The molecule has 8 nitrogen and oxygen atoms in total. The van der Waals surface area contributed by atoms with Crippen molar-refractivity contribution in [2.75, 3.05) is 13.1 Å². The molecule has 0 bridgehead atoms. The lowest BCUT2D eigenvalue weighted by atomic mass is 10.3. The van der Waals surface area contributed by atoms with Gasteiger partial charge in [0.15, 0.2) is 5.69 Å². The van der Waals surface area contributed by atoms with Gasteiger partial charge in [-0.2, -0.15) is 5.10 Å². The van der Waals surface area contributed by atoms with Crippen LogP contribution in [0, 0.1) is 6.92 Å². The molecule has 1 aromatic heterocycles. The molecule has 0 amide bonds. The Morgan fingerprint density at radius 1 is 1.43 bits per heavy atom. The fraction of sp³-hybridized carbons (Fsp3) is 0.667. The van der Waals surface area contributed by atoms with Crippen molar-refractivity contribution < 1.29 is 18.3 Å². The fourth-order valence-electron chi connectivity index (χ4n) is 2.83. The minimum absolute atomic E-state index is 0.174. The molecule has 1 aromatic rings. The summed E-state index contributed by atoms with van der Waals surface area (Å²) in [6.07, 6.45) is 3.11. The quantitative estimate of drug-likeness (QED) is 0.701. The summed E-state index contributed by atoms with van der Waals surface area (Å²) in [7, 11) is -3.89. The van der Waals surface area contributed by atoms with Crippen LogP contribution >= 0.6 is 0 Å². The van der Waals surface area contributed by atoms with E-state index in [0.29, 0.717) is 12.6 Å². The minimum atomic E-state index is -3.89. The lowest BCUT2D eigenvalue weighted by Gasteiger charge is -2.16. The van der Waals surface area contributed by atoms with Gasteiger partial charge in [0, 0.05) is 25.2 Å². The molecule has 1 aliphatic heterocycles. The van der Waals surface area contributed by atoms with Gasteiger partial charge in [-0.1, -0.05) is 0 Å². The first-order valence-corrected chi connectivity index (χ1v) is 8.41. The second-order valence-corrected chi connectivity index (χ2v) is 7.32. The Kier molecular flexibility index (Phi) is 3.50. The van der Waals surface area contributed by atoms with Crippen LogP contribution in [0.5, 0.6) is 0 Å². The Balaban J connectivity index is 1.78. The topological polar surface area (TPSA) is 115 Å². The third kappa shape index (κ3) is 2.81. The molecule has 1 aliphatic carbocycles. The molecule has 2 aliphatic rings. The van der Waals surface area contributed by atoms with E-state index in [1.807, 2.05) is 0 Å². The maximum atomic E-state index is 12.4. The highest BCUT2D eigenvalue weighted by atomic mass is 32.2. The number of sulfonamides is 1. The Morgan fingerprint density at radius 2 is 2.14 bits per heavy atom. The lowest BCUT2D eigenvalue weighted by molar-refractivity contribution is 0.0686. The number of hydrogen-bond acceptors (Lipinski definition) is 5. The standard InChI is InChI=1S/C12H18N4O4S/c1-7-11(10(12(17)18)14-13-7)21(19,20)15-8-4-5-16(6-8)9-2-3-9/h8-9,15H,2-6H2,1H3,(H,13,14)(H,17,18). The van der Waals surface area contributed by atoms with Gasteiger partial charge in [0.2, 0.25) is 10.0 Å². The Hall–Kier alpha value is -1.45. The van der Waals surface area contributed by atoms with Gasteiger partial charge in [-0.05, 0) is 26.2 Å². The first kappa shape index (κ1) is 14.5. The van der Waals surface area contributed by atoms with Crippen molar-refractivity contribution in [3.63, 3.8) is 0 Å². The smallest absolute Gasteiger partial charge is 0.357 e. The second kappa shape index (κ2) is 5.08. The molecule has 2 fully saturated rings. The van der Waals surface area contributed by atoms with Gasteiger partial charge >= 0.3 is 5.97 Å². The van der Waals surface area contributed by atoms with Gasteiger partial charge in [-0.25, -0.2) is 17.9 Å². The summed E-state index contributed by atoms with van der Waals surface area (Å²) in [6.45, 7) is 3.07. The summed E-state index contributed by atoms with van der Waals surface area (Å²) in [6, 6.07) is 0.427. The van der Waals surface area contributed by atoms with E-state index in [1.54, 1.807) is 0 Å². The molecule has 3 N–H and O–H groups in total. The van der Waals surface area contributed by atoms with E-state index in [0.717, 1.165) is 13.0 Å². The number of hydrogen-bond donors (Lipinski definition) is 3. The first-order valence-electron chi connectivity index (χ1n) is 6.93. The zero-order chi connectivity index (χ0) is 15.2. The summed E-state index contributed by atoms with van der Waals surface area (Å²) in [4.78, 5) is 13.1. The molecule has 1 saturated heterocycles. The molecular weight excluding hydrogens is 296 g/mol. The number of nitrogens with one attached hydrogen (secondary N) is 2. The number of carbonyl (C=O) groups is 1. The maximum Gasteiger partial charge on any atom is 0.357 e. The zero-order valence-corrected chi connectivity index (χ0v) is 12.5. The third-order valence-corrected chi connectivity index (χ3v) is 5.65. The molecule has 1 atom stereocenters. The summed E-state index contributed by atoms with van der Waals surface area (Å²) >= 11 is 0. The van der Waals surface area contributed by atoms with E-state index in [2.05, 4.69) is 19.8 Å². The van der Waals surface area contributed by atoms with Crippen molar-refractivity contribution in [2.45, 2.75) is 43.2 Å². The summed E-state index contributed by atoms with van der Waals surface area (Å²) in [5.74, 6) is -1.36. The Labute approximate surface area is 122 Å². The zero-order valence-electron chi connectivity index (χ0n) is 11.7. The van der Waals surface area contributed by atoms with Gasteiger partial charge in [0.05, 0.1) is 5.69 Å². The van der Waals surface area contributed by atoms with Gasteiger partial charge in [0.25, 0.3) is 0 Å². The van der Waals surface area contributed by atoms with Crippen LogP contribution in [0.1, 0.15) is 35.4 Å². The van der Waals surface area contributed by atoms with Gasteiger partial charge in [-0.15, -0.1) is 0 Å². The fourth-order valence-corrected chi connectivity index (χ4v) is 4.41. The number of aromatic nitrogens is 2. The molecular formula is C12H18N4O4S. The normalized spacial score (nSPS) is 23.6. The largest absolute Gasteiger partial charge is 0.476 e. The summed E-state index contributed by atoms with van der Waals surface area (Å²) in [5, 5.41) is 15.0. The number of nitrogens with zero attached hydrogens (tertiary/aromatic N) is 2. The van der Waals surface area contributed by atoms with E-state index in [-0.39, 0.29) is 16.6 Å². The van der Waals surface area contributed by atoms with E-state index >= 15 is 0 Å². The average molecular weight is 314 g/mol. The second-order valence-electron chi connectivity index (χ2n) is 5.66. The number of aromatic amines is 1. The number of carboxylic acid groups (broad SMARTS) is 1. The van der Waals surface area contributed by atoms with Crippen molar-refractivity contribution in [3.05, 3.63) is 11.4 Å². The first-order chi connectivity index (χ1) is 9.88. The van der Waals surface area contributed by atoms with E-state index in [9.17, 15) is 13.2 Å². The molecule has 21 heavy (non-hydrogen) atoms. The lowest BCUT2D eigenvalue weighted by Crippen LogP contribution is -2.38. The number of carboxylic acids is 1. The van der Waals surface area contributed by atoms with Crippen LogP contribution in [0.2, 0.25) is 0 Å². The Morgan fingerprint density at radius 3 is 2.76 bits per heavy atom. The molecule has 0 spiro atoms. The number of likely N-dealkylation sites (tertiary alicyclic amines) is 1. The van der Waals surface area contributed by atoms with Crippen molar-refractivity contribution in [3.8, 4) is 0 Å². The van der Waals surface area contributed by atoms with Gasteiger partial charge in [0.1, 0.15) is 4.90 Å². The van der Waals surface area contributed by atoms with Crippen molar-refractivity contribution in [2.24, 2.45) is 0 Å². The van der Waals surface area contributed by atoms with E-state index in [1.165, 1.54) is 19.8 Å². The van der Waals surface area contributed by atoms with Crippen molar-refractivity contribution in [1.29, 1.82) is 0 Å². The van der Waals surface area contributed by atoms with Gasteiger partial charge in [-0.3, -0.25) is 10.00 Å². The minimum Gasteiger partial charge on any atom is -0.476 e. The summed E-state index contributed by atoms with van der Waals surface area (Å²) in [5.41, 5.74) is -0.228. The molecule has 0 radical (unpaired) electrons. The predicted molar refractivity (Wildman–Crippen MR) is 73.6 cm³/mol. The third-order valence-electron chi connectivity index (χ3n) is 3.97. The maximum absolute atomic E-state index is 12.4. The van der Waals surface area contributed by atoms with Crippen LogP contribution in [0.3, 0.4) is 0 Å². The molecule has 116 valence electrons. The van der Waals surface area contributed by atoms with Crippen LogP contribution in [0.25, 0.3) is 0 Å². The van der Waals surface area contributed by atoms with Gasteiger partial charge < -0.3 is 5.11 Å². The molecule has 9 heteroatoms. The molecule has 1 saturated carbocycles. The average Bonchev–Trinajstić information content (AvgIpc) is 3.01. The van der Waals surface area contributed by atoms with Crippen molar-refractivity contribution >= 4 is 16.0 Å². The number of aromatic carboxylic acids is 1. The molecule has 0 aromatic carbocycles. The van der Waals surface area contributed by atoms with Crippen LogP contribution < -0.4 is 4.72 Å². The molecule has 2 heterocycles. The van der Waals surface area contributed by atoms with E-state index in [4.69, 9.17) is 5.11 Å². The van der Waals surface area contributed by atoms with Crippen LogP contribution in [-0.4, -0.2) is 59.8 Å². The highest BCUT2D eigenvalue weighted by Gasteiger charge is 2.37. The number of rotatable bonds is 5. The highest BCUT2D eigenvalue weighted by Crippen LogP contribution is 2.30. The molecule has 1 unspecified atom stereocenters. The summed E-state index contributed by atoms with van der Waals surface area (Å²) < 4.78 is 27.5. The van der Waals surface area contributed by atoms with Crippen LogP contribution in [-0.2, 0) is 10.0 Å². The number of aryl methyl sites for hydroxylation is 1. The highest BCUT2D eigenvalue weighted by molar-refractivity contribution is 7.89. The molecule has 3 rings (SSSR count). The van der Waals surface area contributed by atoms with Crippen LogP contribution in [0.15, 0.2) is 4.90 Å². The van der Waals surface area contributed by atoms with E-state index < -0.39 is 21.7 Å². The SMILES string of the molecule is Cc1[nH]nc(C(=O)O)c1S(=O)(=O)NC1CCN(C2CC2)C1. The van der Waals surface area contributed by atoms with Crippen molar-refractivity contribution in [1.82, 2.24) is 19.8 Å². The predicted octanol–water partition coefficient (Wildman–Crippen LogP) is -0.0687. The monoisotopic (exact) mass is 314 g/mol. The number of H-pyrrole nitrogens is 1. The Bertz CT molecular complexity index is 665. The van der Waals surface area contributed by atoms with Crippen LogP contribution in [0.4, 0.5) is 0 Å².